The molecule has 9 atom stereocenters. The van der Waals surface area contributed by atoms with E-state index in [1.54, 1.807) is 0 Å². The van der Waals surface area contributed by atoms with Crippen molar-refractivity contribution in [2.75, 3.05) is 0 Å². The van der Waals surface area contributed by atoms with Crippen molar-refractivity contribution in [1.29, 1.82) is 0 Å². The highest BCUT2D eigenvalue weighted by Crippen LogP contribution is 2.71. The van der Waals surface area contributed by atoms with Crippen LogP contribution < -0.4 is 0 Å². The van der Waals surface area contributed by atoms with Crippen LogP contribution in [0.3, 0.4) is 0 Å². The third kappa shape index (κ3) is 2.72. The molecule has 1 saturated heterocycles. The molecule has 3 saturated carbocycles. The largest absolute Gasteiger partial charge is 0.393 e. The number of fused-ring (bicyclic) bond motifs is 7. The molecule has 5 nitrogen and oxygen atoms in total. The van der Waals surface area contributed by atoms with Crippen LogP contribution >= 0.6 is 0 Å². The summed E-state index contributed by atoms with van der Waals surface area (Å²) in [5, 5.41) is 11.6. The normalized spacial score (nSPS) is 51.3. The third-order valence-electron chi connectivity index (χ3n) is 9.76. The van der Waals surface area contributed by atoms with Gasteiger partial charge in [-0.25, -0.2) is 4.39 Å². The number of halogens is 1. The van der Waals surface area contributed by atoms with Crippen molar-refractivity contribution in [2.45, 2.75) is 109 Å². The van der Waals surface area contributed by atoms with Crippen LogP contribution in [0.1, 0.15) is 79.6 Å². The Hall–Kier alpha value is -1.11. The average molecular weight is 449 g/mol. The quantitative estimate of drug-likeness (QED) is 0.697. The molecule has 1 aliphatic heterocycles. The van der Waals surface area contributed by atoms with E-state index < -0.39 is 34.5 Å². The van der Waals surface area contributed by atoms with Gasteiger partial charge in [0.25, 0.3) is 0 Å². The van der Waals surface area contributed by atoms with Gasteiger partial charge in [-0.1, -0.05) is 20.8 Å². The van der Waals surface area contributed by atoms with Crippen LogP contribution in [0, 0.1) is 28.6 Å². The number of ether oxygens (including phenoxy) is 2. The SMILES string of the molecule is CCCC(=O)[C@@]12OC(C)(C)O[C@@H]1C[C@H]1[C@@H]3C[C@H](F)C4=CC(=O)CC[C@]4(C)[C@H]3[C@@H](O)C[C@@]12C. The lowest BCUT2D eigenvalue weighted by molar-refractivity contribution is -0.228. The fraction of sp³-hybridized carbons (Fsp3) is 0.846. The maximum atomic E-state index is 15.6. The van der Waals surface area contributed by atoms with Gasteiger partial charge >= 0.3 is 0 Å². The fourth-order valence-electron chi connectivity index (χ4n) is 8.70. The van der Waals surface area contributed by atoms with Gasteiger partial charge in [-0.05, 0) is 80.8 Å². The second-order valence-electron chi connectivity index (χ2n) is 11.9. The number of Topliss-reactive ketones (excluding diaryl/α,β-unsaturated/α-hetero) is 1. The van der Waals surface area contributed by atoms with Crippen molar-refractivity contribution in [3.05, 3.63) is 11.6 Å². The lowest BCUT2D eigenvalue weighted by Crippen LogP contribution is -2.64. The molecule has 6 heteroatoms. The molecule has 0 amide bonds. The summed E-state index contributed by atoms with van der Waals surface area (Å²) in [5.41, 5.74) is -1.69. The monoisotopic (exact) mass is 448 g/mol. The Balaban J connectivity index is 1.60. The van der Waals surface area contributed by atoms with Gasteiger partial charge in [-0.3, -0.25) is 9.59 Å². The zero-order valence-electron chi connectivity index (χ0n) is 19.9. The molecule has 0 aromatic carbocycles. The van der Waals surface area contributed by atoms with E-state index in [0.717, 1.165) is 6.42 Å². The summed E-state index contributed by atoms with van der Waals surface area (Å²) in [6.07, 6.45) is 2.69. The van der Waals surface area contributed by atoms with Crippen molar-refractivity contribution in [3.8, 4) is 0 Å². The minimum absolute atomic E-state index is 0.0164. The smallest absolute Gasteiger partial charge is 0.168 e. The Morgan fingerprint density at radius 2 is 1.97 bits per heavy atom. The molecule has 0 radical (unpaired) electrons. The molecule has 4 fully saturated rings. The number of carbonyl (C=O) groups excluding carboxylic acids is 2. The first-order valence-electron chi connectivity index (χ1n) is 12.4. The van der Waals surface area contributed by atoms with E-state index in [4.69, 9.17) is 9.47 Å². The summed E-state index contributed by atoms with van der Waals surface area (Å²) in [4.78, 5) is 25.7. The number of rotatable bonds is 3. The highest BCUT2D eigenvalue weighted by atomic mass is 19.1. The van der Waals surface area contributed by atoms with Crippen LogP contribution in [-0.4, -0.2) is 46.4 Å². The Bertz CT molecular complexity index is 881. The standard InChI is InChI=1S/C26H37FO5/c1-6-7-20(30)26-21(31-23(2,3)32-26)12-16-15-11-18(27)17-10-14(28)8-9-24(17,4)22(15)19(29)13-25(16,26)5/h10,15-16,18-19,21-22,29H,6-9,11-13H2,1-5H3/t15-,16-,18-,19-,21+,22+,24-,25-,26+/m0/s1. The van der Waals surface area contributed by atoms with E-state index in [1.807, 2.05) is 27.7 Å². The maximum Gasteiger partial charge on any atom is 0.168 e. The molecule has 32 heavy (non-hydrogen) atoms. The molecule has 5 rings (SSSR count). The van der Waals surface area contributed by atoms with Gasteiger partial charge in [0.1, 0.15) is 6.17 Å². The van der Waals surface area contributed by atoms with Gasteiger partial charge in [0.2, 0.25) is 0 Å². The van der Waals surface area contributed by atoms with Crippen LogP contribution in [-0.2, 0) is 19.1 Å². The summed E-state index contributed by atoms with van der Waals surface area (Å²) in [6.45, 7) is 9.79. The van der Waals surface area contributed by atoms with Gasteiger partial charge in [0.05, 0.1) is 12.2 Å². The molecule has 0 aromatic rings. The first-order valence-corrected chi connectivity index (χ1v) is 12.4. The lowest BCUT2D eigenvalue weighted by atomic mass is 9.45. The lowest BCUT2D eigenvalue weighted by Gasteiger charge is -2.61. The topological polar surface area (TPSA) is 72.8 Å². The zero-order chi connectivity index (χ0) is 23.3. The summed E-state index contributed by atoms with van der Waals surface area (Å²) < 4.78 is 28.4. The van der Waals surface area contributed by atoms with Crippen molar-refractivity contribution in [3.63, 3.8) is 0 Å². The number of ketones is 2. The van der Waals surface area contributed by atoms with Crippen LogP contribution in [0.25, 0.3) is 0 Å². The summed E-state index contributed by atoms with van der Waals surface area (Å²) in [6, 6.07) is 0. The minimum atomic E-state index is -1.19. The number of hydrogen-bond donors (Lipinski definition) is 1. The van der Waals surface area contributed by atoms with Crippen LogP contribution in [0.15, 0.2) is 11.6 Å². The van der Waals surface area contributed by atoms with Crippen LogP contribution in [0.4, 0.5) is 4.39 Å². The second-order valence-corrected chi connectivity index (χ2v) is 11.9. The van der Waals surface area contributed by atoms with Gasteiger partial charge in [0.15, 0.2) is 23.0 Å². The van der Waals surface area contributed by atoms with Crippen molar-refractivity contribution >= 4 is 11.6 Å². The molecule has 178 valence electrons. The van der Waals surface area contributed by atoms with Gasteiger partial charge < -0.3 is 14.6 Å². The fourth-order valence-corrected chi connectivity index (χ4v) is 8.70. The van der Waals surface area contributed by atoms with Crippen molar-refractivity contribution < 1.29 is 28.6 Å². The molecular formula is C26H37FO5. The van der Waals surface area contributed by atoms with Crippen LogP contribution in [0.5, 0.6) is 0 Å². The first kappa shape index (κ1) is 22.7. The molecule has 4 aliphatic carbocycles. The number of allylic oxidation sites excluding steroid dienone is 1. The maximum absolute atomic E-state index is 15.6. The summed E-state index contributed by atoms with van der Waals surface area (Å²) in [7, 11) is 0. The van der Waals surface area contributed by atoms with E-state index >= 15 is 4.39 Å². The highest BCUT2D eigenvalue weighted by molar-refractivity contribution is 5.92. The predicted octanol–water partition coefficient (Wildman–Crippen LogP) is 4.31. The average Bonchev–Trinajstić information content (AvgIpc) is 3.09. The Morgan fingerprint density at radius 3 is 2.66 bits per heavy atom. The van der Waals surface area contributed by atoms with Gasteiger partial charge in [-0.15, -0.1) is 0 Å². The number of aliphatic hydroxyl groups is 1. The molecule has 1 heterocycles. The van der Waals surface area contributed by atoms with Crippen LogP contribution in [0.2, 0.25) is 0 Å². The van der Waals surface area contributed by atoms with Crippen molar-refractivity contribution in [2.24, 2.45) is 28.6 Å². The zero-order valence-corrected chi connectivity index (χ0v) is 19.9. The molecule has 0 aromatic heterocycles. The minimum Gasteiger partial charge on any atom is -0.393 e. The molecule has 0 bridgehead atoms. The highest BCUT2D eigenvalue weighted by Gasteiger charge is 2.77. The van der Waals surface area contributed by atoms with E-state index in [9.17, 15) is 14.7 Å². The number of alkyl halides is 1. The molecular weight excluding hydrogens is 411 g/mol. The third-order valence-corrected chi connectivity index (χ3v) is 9.76. The Labute approximate surface area is 190 Å². The summed E-state index contributed by atoms with van der Waals surface area (Å²) in [5.74, 6) is -1.03. The second kappa shape index (κ2) is 6.96. The number of hydrogen-bond acceptors (Lipinski definition) is 5. The molecule has 1 N–H and O–H groups in total. The summed E-state index contributed by atoms with van der Waals surface area (Å²) >= 11 is 0. The molecule has 0 spiro atoms. The first-order chi connectivity index (χ1) is 14.9. The predicted molar refractivity (Wildman–Crippen MR) is 116 cm³/mol. The van der Waals surface area contributed by atoms with Crippen molar-refractivity contribution in [1.82, 2.24) is 0 Å². The van der Waals surface area contributed by atoms with E-state index in [-0.39, 0.29) is 41.8 Å². The van der Waals surface area contributed by atoms with Gasteiger partial charge in [-0.2, -0.15) is 0 Å². The van der Waals surface area contributed by atoms with E-state index in [2.05, 4.69) is 6.92 Å². The van der Waals surface area contributed by atoms with E-state index in [1.165, 1.54) is 6.08 Å². The number of aliphatic hydroxyl groups excluding tert-OH is 1. The number of carbonyl (C=O) groups is 2. The Morgan fingerprint density at radius 1 is 1.25 bits per heavy atom. The Kier molecular flexibility index (Phi) is 4.93. The molecule has 5 aliphatic rings. The van der Waals surface area contributed by atoms with Gasteiger partial charge in [0, 0.05) is 18.3 Å². The van der Waals surface area contributed by atoms with E-state index in [0.29, 0.717) is 37.7 Å². The molecule has 0 unspecified atom stereocenters.